The zero-order chi connectivity index (χ0) is 20.4. The molecular weight excluding hydrogens is 381 g/mol. The molecule has 9 heteroatoms. The molecule has 0 atom stereocenters. The molecule has 3 heterocycles. The van der Waals surface area contributed by atoms with Crippen LogP contribution in [0.3, 0.4) is 0 Å². The molecule has 0 aliphatic carbocycles. The lowest BCUT2D eigenvalue weighted by molar-refractivity contribution is -0.165. The van der Waals surface area contributed by atoms with Gasteiger partial charge in [-0.05, 0) is 31.0 Å². The maximum atomic E-state index is 14.9. The highest BCUT2D eigenvalue weighted by atomic mass is 19.1. The van der Waals surface area contributed by atoms with E-state index in [4.69, 9.17) is 14.2 Å². The number of nitrogens with zero attached hydrogens (tertiary/aromatic N) is 2. The first-order chi connectivity index (χ1) is 14.0. The van der Waals surface area contributed by atoms with Crippen molar-refractivity contribution in [3.63, 3.8) is 0 Å². The van der Waals surface area contributed by atoms with Crippen molar-refractivity contribution in [2.24, 2.45) is 0 Å². The highest BCUT2D eigenvalue weighted by Crippen LogP contribution is 2.34. The molecule has 2 amide bonds. The smallest absolute Gasteiger partial charge is 0.411 e. The Morgan fingerprint density at radius 2 is 2.07 bits per heavy atom. The van der Waals surface area contributed by atoms with E-state index in [0.717, 1.165) is 12.8 Å². The fraction of sp³-hybridized carbons (Fsp3) is 0.500. The molecular formula is C20H24FN3O5. The van der Waals surface area contributed by atoms with Crippen molar-refractivity contribution in [2.75, 3.05) is 49.3 Å². The Kier molecular flexibility index (Phi) is 5.42. The summed E-state index contributed by atoms with van der Waals surface area (Å²) < 4.78 is 31.4. The molecule has 0 radical (unpaired) electrons. The second kappa shape index (κ2) is 8.00. The summed E-state index contributed by atoms with van der Waals surface area (Å²) in [6.45, 7) is 4.66. The van der Waals surface area contributed by atoms with Gasteiger partial charge < -0.3 is 24.4 Å². The van der Waals surface area contributed by atoms with Crippen LogP contribution in [0.4, 0.5) is 20.6 Å². The number of carbonyl (C=O) groups excluding carboxylic acids is 2. The number of nitrogens with one attached hydrogen (secondary N) is 1. The molecule has 0 aromatic heterocycles. The van der Waals surface area contributed by atoms with Gasteiger partial charge >= 0.3 is 6.09 Å². The van der Waals surface area contributed by atoms with Gasteiger partial charge in [-0.3, -0.25) is 9.69 Å². The van der Waals surface area contributed by atoms with E-state index < -0.39 is 11.9 Å². The molecule has 1 aromatic rings. The third-order valence-corrected chi connectivity index (χ3v) is 5.45. The fourth-order valence-corrected chi connectivity index (χ4v) is 3.85. The highest BCUT2D eigenvalue weighted by Gasteiger charge is 2.38. The van der Waals surface area contributed by atoms with E-state index in [-0.39, 0.29) is 18.1 Å². The van der Waals surface area contributed by atoms with Crippen LogP contribution in [0.5, 0.6) is 0 Å². The minimum atomic E-state index is -0.608. The molecule has 3 saturated heterocycles. The van der Waals surface area contributed by atoms with Gasteiger partial charge in [0.15, 0.2) is 0 Å². The lowest BCUT2D eigenvalue weighted by Gasteiger charge is -2.44. The molecule has 0 unspecified atom stereocenters. The first-order valence-electron chi connectivity index (χ1n) is 9.67. The molecule has 4 rings (SSSR count). The van der Waals surface area contributed by atoms with E-state index in [9.17, 15) is 14.0 Å². The molecule has 8 nitrogen and oxygen atoms in total. The van der Waals surface area contributed by atoms with E-state index >= 15 is 0 Å². The van der Waals surface area contributed by atoms with Crippen molar-refractivity contribution in [3.8, 4) is 0 Å². The number of piperidine rings is 1. The number of hydrogen-bond acceptors (Lipinski definition) is 6. The van der Waals surface area contributed by atoms with E-state index in [0.29, 0.717) is 50.0 Å². The largest absolute Gasteiger partial charge is 0.419 e. The highest BCUT2D eigenvalue weighted by molar-refractivity contribution is 5.91. The van der Waals surface area contributed by atoms with Crippen LogP contribution in [0.25, 0.3) is 0 Å². The third kappa shape index (κ3) is 4.20. The number of anilines is 2. The van der Waals surface area contributed by atoms with E-state index in [1.165, 1.54) is 24.1 Å². The Hall–Kier alpha value is -2.65. The Balaban J connectivity index is 1.43. The van der Waals surface area contributed by atoms with E-state index in [2.05, 4.69) is 5.32 Å². The van der Waals surface area contributed by atoms with Crippen LogP contribution >= 0.6 is 0 Å². The van der Waals surface area contributed by atoms with E-state index in [1.807, 2.05) is 4.90 Å². The average Bonchev–Trinajstić information content (AvgIpc) is 3.09. The summed E-state index contributed by atoms with van der Waals surface area (Å²) in [6, 6.07) is 4.72. The predicted octanol–water partition coefficient (Wildman–Crippen LogP) is 2.15. The first kappa shape index (κ1) is 19.7. The standard InChI is InChI=1S/C20H24FN3O5/c1-14(25)22-11-16-12-24(19(26)29-16)15-2-3-18(17(21)10-15)23-6-4-20(5-7-23)13-27-8-9-28-20/h2-3,10-11H,4-9,12-13H2,1H3,(H,22,25)/b16-11-. The quantitative estimate of drug-likeness (QED) is 0.830. The van der Waals surface area contributed by atoms with Crippen LogP contribution in [-0.4, -0.2) is 57.1 Å². The van der Waals surface area contributed by atoms with Gasteiger partial charge in [0.1, 0.15) is 11.6 Å². The molecule has 156 valence electrons. The van der Waals surface area contributed by atoms with Crippen molar-refractivity contribution >= 4 is 23.4 Å². The molecule has 3 aliphatic heterocycles. The molecule has 3 fully saturated rings. The van der Waals surface area contributed by atoms with Crippen LogP contribution in [0.2, 0.25) is 0 Å². The van der Waals surface area contributed by atoms with Gasteiger partial charge in [-0.2, -0.15) is 0 Å². The second-order valence-corrected chi connectivity index (χ2v) is 7.47. The van der Waals surface area contributed by atoms with Crippen molar-refractivity contribution in [1.29, 1.82) is 0 Å². The molecule has 29 heavy (non-hydrogen) atoms. The SMILES string of the molecule is CC(=O)N/C=C1/CN(c2ccc(N3CCC4(CC3)COCCO4)c(F)c2)C(=O)O1. The molecule has 1 N–H and O–H groups in total. The lowest BCUT2D eigenvalue weighted by atomic mass is 9.91. The number of benzene rings is 1. The summed E-state index contributed by atoms with van der Waals surface area (Å²) in [5.41, 5.74) is 0.656. The Morgan fingerprint density at radius 1 is 1.28 bits per heavy atom. The summed E-state index contributed by atoms with van der Waals surface area (Å²) in [7, 11) is 0. The summed E-state index contributed by atoms with van der Waals surface area (Å²) in [4.78, 5) is 26.4. The summed E-state index contributed by atoms with van der Waals surface area (Å²) in [5, 5.41) is 2.46. The number of ether oxygens (including phenoxy) is 3. The number of rotatable bonds is 3. The average molecular weight is 405 g/mol. The molecule has 1 spiro atoms. The van der Waals surface area contributed by atoms with Crippen molar-refractivity contribution in [2.45, 2.75) is 25.4 Å². The number of halogens is 1. The zero-order valence-electron chi connectivity index (χ0n) is 16.3. The van der Waals surface area contributed by atoms with Crippen LogP contribution in [0.1, 0.15) is 19.8 Å². The van der Waals surface area contributed by atoms with Gasteiger partial charge in [0.05, 0.1) is 43.3 Å². The maximum Gasteiger partial charge on any atom is 0.419 e. The first-order valence-corrected chi connectivity index (χ1v) is 9.67. The molecule has 0 saturated carbocycles. The monoisotopic (exact) mass is 405 g/mol. The third-order valence-electron chi connectivity index (χ3n) is 5.45. The van der Waals surface area contributed by atoms with Gasteiger partial charge in [-0.1, -0.05) is 0 Å². The van der Waals surface area contributed by atoms with Crippen molar-refractivity contribution in [1.82, 2.24) is 5.32 Å². The van der Waals surface area contributed by atoms with Crippen LogP contribution < -0.4 is 15.1 Å². The van der Waals surface area contributed by atoms with Gasteiger partial charge in [0.2, 0.25) is 5.91 Å². The Labute approximate surface area is 168 Å². The van der Waals surface area contributed by atoms with E-state index in [1.54, 1.807) is 12.1 Å². The Morgan fingerprint density at radius 3 is 2.72 bits per heavy atom. The van der Waals surface area contributed by atoms with Crippen LogP contribution in [0.15, 0.2) is 30.2 Å². The van der Waals surface area contributed by atoms with Gasteiger partial charge in [-0.15, -0.1) is 0 Å². The minimum Gasteiger partial charge on any atom is -0.411 e. The van der Waals surface area contributed by atoms with Gasteiger partial charge in [0, 0.05) is 26.2 Å². The van der Waals surface area contributed by atoms with Gasteiger partial charge in [0.25, 0.3) is 0 Å². The summed E-state index contributed by atoms with van der Waals surface area (Å²) in [6.07, 6.45) is 2.29. The normalized spacial score (nSPS) is 22.8. The molecule has 0 bridgehead atoms. The van der Waals surface area contributed by atoms with Crippen LogP contribution in [0, 0.1) is 5.82 Å². The lowest BCUT2D eigenvalue weighted by Crippen LogP contribution is -2.51. The Bertz CT molecular complexity index is 827. The van der Waals surface area contributed by atoms with Gasteiger partial charge in [-0.25, -0.2) is 9.18 Å². The summed E-state index contributed by atoms with van der Waals surface area (Å²) in [5.74, 6) is -0.368. The summed E-state index contributed by atoms with van der Waals surface area (Å²) >= 11 is 0. The fourth-order valence-electron chi connectivity index (χ4n) is 3.85. The molecule has 3 aliphatic rings. The van der Waals surface area contributed by atoms with Crippen molar-refractivity contribution < 1.29 is 28.2 Å². The van der Waals surface area contributed by atoms with Crippen molar-refractivity contribution in [3.05, 3.63) is 36.0 Å². The predicted molar refractivity (Wildman–Crippen MR) is 103 cm³/mol. The molecule has 1 aromatic carbocycles. The topological polar surface area (TPSA) is 80.3 Å². The minimum absolute atomic E-state index is 0.126. The van der Waals surface area contributed by atoms with Crippen LogP contribution in [-0.2, 0) is 19.0 Å². The number of hydrogen-bond donors (Lipinski definition) is 1. The number of cyclic esters (lactones) is 1. The second-order valence-electron chi connectivity index (χ2n) is 7.47. The zero-order valence-corrected chi connectivity index (χ0v) is 16.3. The maximum absolute atomic E-state index is 14.9. The number of amides is 2. The number of carbonyl (C=O) groups is 2.